The van der Waals surface area contributed by atoms with Gasteiger partial charge in [0.25, 0.3) is 0 Å². The summed E-state index contributed by atoms with van der Waals surface area (Å²) in [5, 5.41) is 12.8. The van der Waals surface area contributed by atoms with Gasteiger partial charge in [-0.15, -0.1) is 5.10 Å². The molecule has 0 aliphatic heterocycles. The zero-order valence-corrected chi connectivity index (χ0v) is 20.4. The van der Waals surface area contributed by atoms with E-state index in [9.17, 15) is 4.79 Å². The number of anilines is 1. The Bertz CT molecular complexity index is 1640. The average Bonchev–Trinajstić information content (AvgIpc) is 3.18. The Balaban J connectivity index is 1.68. The molecule has 0 unspecified atom stereocenters. The minimum absolute atomic E-state index is 0.0445. The largest absolute Gasteiger partial charge is 0.455 e. The van der Waals surface area contributed by atoms with Crippen molar-refractivity contribution in [3.05, 3.63) is 80.2 Å². The second kappa shape index (κ2) is 8.25. The molecule has 5 aromatic rings. The van der Waals surface area contributed by atoms with Gasteiger partial charge >= 0.3 is 0 Å². The van der Waals surface area contributed by atoms with Crippen LogP contribution in [0.15, 0.2) is 51.7 Å². The summed E-state index contributed by atoms with van der Waals surface area (Å²) < 4.78 is 8.19. The summed E-state index contributed by atoms with van der Waals surface area (Å²) in [6, 6.07) is 13.2. The molecular weight excluding hydrogens is 450 g/mol. The number of hydrogen-bond donors (Lipinski definition) is 1. The highest BCUT2D eigenvalue weighted by Gasteiger charge is 2.20. The molecule has 0 spiro atoms. The summed E-state index contributed by atoms with van der Waals surface area (Å²) in [7, 11) is 1.84. The molecule has 0 aliphatic carbocycles. The van der Waals surface area contributed by atoms with Crippen molar-refractivity contribution in [2.24, 2.45) is 7.05 Å². The maximum atomic E-state index is 13.4. The van der Waals surface area contributed by atoms with Crippen LogP contribution < -0.4 is 10.7 Å². The highest BCUT2D eigenvalue weighted by atomic mass is 35.5. The van der Waals surface area contributed by atoms with E-state index in [0.717, 1.165) is 39.1 Å². The van der Waals surface area contributed by atoms with Gasteiger partial charge in [0.2, 0.25) is 0 Å². The maximum absolute atomic E-state index is 13.4. The summed E-state index contributed by atoms with van der Waals surface area (Å²) in [6.07, 6.45) is 0. The lowest BCUT2D eigenvalue weighted by Crippen LogP contribution is -2.13. The number of nitrogens with one attached hydrogen (secondary N) is 1. The van der Waals surface area contributed by atoms with Crippen molar-refractivity contribution in [3.8, 4) is 11.3 Å². The summed E-state index contributed by atoms with van der Waals surface area (Å²) >= 11 is 6.02. The number of hydrogen-bond acceptors (Lipinski definition) is 6. The molecule has 0 saturated heterocycles. The summed E-state index contributed by atoms with van der Waals surface area (Å²) in [4.78, 5) is 17.8. The Morgan fingerprint density at radius 3 is 2.65 bits per heavy atom. The molecule has 8 heteroatoms. The highest BCUT2D eigenvalue weighted by Crippen LogP contribution is 2.33. The molecule has 0 amide bonds. The number of pyridine rings is 1. The van der Waals surface area contributed by atoms with E-state index in [-0.39, 0.29) is 11.5 Å². The van der Waals surface area contributed by atoms with E-state index in [1.54, 1.807) is 17.7 Å². The lowest BCUT2D eigenvalue weighted by molar-refractivity contribution is 0.605. The molecule has 0 fully saturated rings. The van der Waals surface area contributed by atoms with Crippen LogP contribution in [-0.4, -0.2) is 20.0 Å². The Kier molecular flexibility index (Phi) is 5.37. The second-order valence-corrected chi connectivity index (χ2v) is 9.05. The predicted octanol–water partition coefficient (Wildman–Crippen LogP) is 5.89. The quantitative estimate of drug-likeness (QED) is 0.327. The van der Waals surface area contributed by atoms with Crippen molar-refractivity contribution in [1.29, 1.82) is 0 Å². The molecule has 0 radical (unpaired) electrons. The molecule has 3 heterocycles. The molecule has 34 heavy (non-hydrogen) atoms. The number of rotatable bonds is 4. The Morgan fingerprint density at radius 1 is 1.09 bits per heavy atom. The molecule has 0 bridgehead atoms. The van der Waals surface area contributed by atoms with Gasteiger partial charge in [-0.2, -0.15) is 0 Å². The predicted molar refractivity (Wildman–Crippen MR) is 135 cm³/mol. The third-order valence-corrected chi connectivity index (χ3v) is 6.37. The molecule has 5 rings (SSSR count). The third kappa shape index (κ3) is 3.72. The van der Waals surface area contributed by atoms with E-state index in [0.29, 0.717) is 27.4 Å². The van der Waals surface area contributed by atoms with Crippen molar-refractivity contribution < 1.29 is 4.42 Å². The minimum atomic E-state index is -0.148. The van der Waals surface area contributed by atoms with Gasteiger partial charge in [0.15, 0.2) is 5.43 Å². The van der Waals surface area contributed by atoms with E-state index in [4.69, 9.17) is 16.0 Å². The van der Waals surface area contributed by atoms with Gasteiger partial charge in [-0.3, -0.25) is 4.79 Å². The number of halogens is 1. The fraction of sp³-hybridized carbons (Fsp3) is 0.231. The monoisotopic (exact) mass is 473 g/mol. The van der Waals surface area contributed by atoms with E-state index < -0.39 is 0 Å². The number of benzene rings is 2. The van der Waals surface area contributed by atoms with Crippen molar-refractivity contribution in [3.63, 3.8) is 0 Å². The van der Waals surface area contributed by atoms with Gasteiger partial charge in [0.1, 0.15) is 22.0 Å². The SMILES string of the molecule is Cc1cc([C@@H](C)Nc2ccc(Cl)nc2C)c2oc(-c3ccc4c(c3)nnn4C)c(C)c(=O)c2c1. The number of fused-ring (bicyclic) bond motifs is 2. The summed E-state index contributed by atoms with van der Waals surface area (Å²) in [6.45, 7) is 7.72. The normalized spacial score (nSPS) is 12.4. The van der Waals surface area contributed by atoms with Crippen LogP contribution in [0, 0.1) is 20.8 Å². The molecule has 0 aliphatic rings. The van der Waals surface area contributed by atoms with Gasteiger partial charge in [-0.25, -0.2) is 9.67 Å². The van der Waals surface area contributed by atoms with Crippen LogP contribution in [0.5, 0.6) is 0 Å². The maximum Gasteiger partial charge on any atom is 0.196 e. The van der Waals surface area contributed by atoms with Crippen molar-refractivity contribution in [2.75, 3.05) is 5.32 Å². The van der Waals surface area contributed by atoms with E-state index >= 15 is 0 Å². The van der Waals surface area contributed by atoms with Crippen LogP contribution >= 0.6 is 11.6 Å². The van der Waals surface area contributed by atoms with E-state index in [2.05, 4.69) is 20.6 Å². The number of nitrogens with zero attached hydrogens (tertiary/aromatic N) is 4. The number of aromatic nitrogens is 4. The zero-order chi connectivity index (χ0) is 24.1. The third-order valence-electron chi connectivity index (χ3n) is 6.16. The van der Waals surface area contributed by atoms with Gasteiger partial charge in [0.05, 0.1) is 28.3 Å². The van der Waals surface area contributed by atoms with Gasteiger partial charge < -0.3 is 9.73 Å². The first-order chi connectivity index (χ1) is 16.2. The first-order valence-corrected chi connectivity index (χ1v) is 11.4. The van der Waals surface area contributed by atoms with Crippen molar-refractivity contribution in [2.45, 2.75) is 33.7 Å². The minimum Gasteiger partial charge on any atom is -0.455 e. The van der Waals surface area contributed by atoms with Crippen molar-refractivity contribution >= 4 is 39.3 Å². The first-order valence-electron chi connectivity index (χ1n) is 11.0. The second-order valence-electron chi connectivity index (χ2n) is 8.67. The molecule has 7 nitrogen and oxygen atoms in total. The number of aryl methyl sites for hydroxylation is 3. The molecule has 2 aromatic carbocycles. The van der Waals surface area contributed by atoms with E-state index in [1.807, 2.05) is 64.2 Å². The van der Waals surface area contributed by atoms with Crippen LogP contribution in [-0.2, 0) is 7.05 Å². The lowest BCUT2D eigenvalue weighted by atomic mass is 9.98. The Hall–Kier alpha value is -3.71. The molecule has 0 saturated carbocycles. The molecule has 1 atom stereocenters. The standard InChI is InChI=1S/C26H24ClN5O2/c1-13-10-18(15(3)28-20-7-9-23(27)29-16(20)4)26-19(11-13)24(33)14(2)25(34-26)17-6-8-22-21(12-17)30-31-32(22)5/h6-12,15,28H,1-5H3/t15-/m1/s1. The smallest absolute Gasteiger partial charge is 0.196 e. The highest BCUT2D eigenvalue weighted by molar-refractivity contribution is 6.29. The Morgan fingerprint density at radius 2 is 1.88 bits per heavy atom. The summed E-state index contributed by atoms with van der Waals surface area (Å²) in [5.41, 5.74) is 7.07. The van der Waals surface area contributed by atoms with Crippen LogP contribution in [0.4, 0.5) is 5.69 Å². The van der Waals surface area contributed by atoms with Crippen LogP contribution in [0.2, 0.25) is 5.15 Å². The fourth-order valence-electron chi connectivity index (χ4n) is 4.34. The molecule has 3 aromatic heterocycles. The van der Waals surface area contributed by atoms with Gasteiger partial charge in [0, 0.05) is 23.7 Å². The lowest BCUT2D eigenvalue weighted by Gasteiger charge is -2.19. The Labute approximate surface area is 201 Å². The van der Waals surface area contributed by atoms with Crippen LogP contribution in [0.1, 0.15) is 35.3 Å². The van der Waals surface area contributed by atoms with E-state index in [1.165, 1.54) is 0 Å². The molecule has 1 N–H and O–H groups in total. The topological polar surface area (TPSA) is 85.8 Å². The fourth-order valence-corrected chi connectivity index (χ4v) is 4.53. The van der Waals surface area contributed by atoms with Crippen molar-refractivity contribution in [1.82, 2.24) is 20.0 Å². The summed E-state index contributed by atoms with van der Waals surface area (Å²) in [5.74, 6) is 0.534. The molecular formula is C26H24ClN5O2. The van der Waals surface area contributed by atoms with Gasteiger partial charge in [-0.1, -0.05) is 22.9 Å². The first kappa shape index (κ1) is 22.1. The molecule has 172 valence electrons. The van der Waals surface area contributed by atoms with Gasteiger partial charge in [-0.05, 0) is 69.7 Å². The van der Waals surface area contributed by atoms with Crippen LogP contribution in [0.3, 0.4) is 0 Å². The van der Waals surface area contributed by atoms with Crippen LogP contribution in [0.25, 0.3) is 33.3 Å². The zero-order valence-electron chi connectivity index (χ0n) is 19.6. The average molecular weight is 474 g/mol.